The van der Waals surface area contributed by atoms with Crippen LogP contribution in [0, 0.1) is 0 Å². The van der Waals surface area contributed by atoms with E-state index in [1.54, 1.807) is 6.07 Å². The number of hydrogen-bond acceptors (Lipinski definition) is 5. The molecule has 1 aliphatic heterocycles. The van der Waals surface area contributed by atoms with E-state index in [1.807, 2.05) is 32.6 Å². The van der Waals surface area contributed by atoms with Crippen LogP contribution in [-0.4, -0.2) is 66.0 Å². The summed E-state index contributed by atoms with van der Waals surface area (Å²) in [5.74, 6) is 0.598. The number of pyridine rings is 1. The van der Waals surface area contributed by atoms with Crippen molar-refractivity contribution in [3.05, 3.63) is 23.9 Å². The second-order valence-electron chi connectivity index (χ2n) is 8.16. The van der Waals surface area contributed by atoms with Crippen molar-refractivity contribution in [3.8, 4) is 5.88 Å². The largest absolute Gasteiger partial charge is 0.468 e. The Bertz CT molecular complexity index is 748. The summed E-state index contributed by atoms with van der Waals surface area (Å²) in [6.45, 7) is 8.29. The lowest BCUT2D eigenvalue weighted by atomic mass is 10.2. The Morgan fingerprint density at radius 3 is 2.65 bits per heavy atom. The van der Waals surface area contributed by atoms with Crippen molar-refractivity contribution in [1.29, 1.82) is 0 Å². The number of guanidine groups is 1. The van der Waals surface area contributed by atoms with Gasteiger partial charge in [-0.05, 0) is 39.7 Å². The highest BCUT2D eigenvalue weighted by Crippen LogP contribution is 2.17. The summed E-state index contributed by atoms with van der Waals surface area (Å²) in [5.41, 5.74) is 0.178. The molecule has 1 atom stereocenters. The number of nitrogens with one attached hydrogen (secondary N) is 2. The average molecular weight is 445 g/mol. The summed E-state index contributed by atoms with van der Waals surface area (Å²) in [6, 6.07) is 2.97. The molecule has 0 spiro atoms. The van der Waals surface area contributed by atoms with Gasteiger partial charge in [0.25, 0.3) is 0 Å². The number of halogens is 3. The molecule has 1 aromatic heterocycles. The minimum Gasteiger partial charge on any atom is -0.468 e. The van der Waals surface area contributed by atoms with Gasteiger partial charge < -0.3 is 25.0 Å². The van der Waals surface area contributed by atoms with Crippen molar-refractivity contribution in [2.75, 3.05) is 26.2 Å². The number of alkyl halides is 3. The van der Waals surface area contributed by atoms with Gasteiger partial charge in [-0.2, -0.15) is 13.2 Å². The lowest BCUT2D eigenvalue weighted by Gasteiger charge is -2.23. The van der Waals surface area contributed by atoms with Crippen molar-refractivity contribution in [1.82, 2.24) is 20.5 Å². The van der Waals surface area contributed by atoms with Gasteiger partial charge in [-0.1, -0.05) is 6.07 Å². The standard InChI is InChI=1S/C20H30F3N5O3/c1-5-24-17(28-9-8-15(12-28)27-18(29)31-19(2,3)4)26-11-14-6-7-16(25-10-14)30-13-20(21,22)23/h6-7,10,15H,5,8-9,11-13H2,1-4H3,(H,24,26)(H,27,29). The Labute approximate surface area is 180 Å². The number of alkyl carbamates (subject to hydrolysis) is 1. The summed E-state index contributed by atoms with van der Waals surface area (Å²) < 4.78 is 46.5. The second kappa shape index (κ2) is 10.5. The Morgan fingerprint density at radius 2 is 2.06 bits per heavy atom. The second-order valence-corrected chi connectivity index (χ2v) is 8.16. The Hall–Kier alpha value is -2.72. The topological polar surface area (TPSA) is 88.1 Å². The van der Waals surface area contributed by atoms with Crippen molar-refractivity contribution in [2.24, 2.45) is 4.99 Å². The lowest BCUT2D eigenvalue weighted by molar-refractivity contribution is -0.154. The predicted octanol–water partition coefficient (Wildman–Crippen LogP) is 3.09. The van der Waals surface area contributed by atoms with Gasteiger partial charge in [0.2, 0.25) is 5.88 Å². The first-order chi connectivity index (χ1) is 14.4. The molecule has 2 N–H and O–H groups in total. The normalized spacial score (nSPS) is 17.5. The van der Waals surface area contributed by atoms with Crippen molar-refractivity contribution in [2.45, 2.75) is 58.5 Å². The number of rotatable bonds is 6. The number of aromatic nitrogens is 1. The quantitative estimate of drug-likeness (QED) is 0.517. The number of nitrogens with zero attached hydrogens (tertiary/aromatic N) is 3. The molecule has 8 nitrogen and oxygen atoms in total. The molecule has 0 aliphatic carbocycles. The third kappa shape index (κ3) is 9.31. The highest BCUT2D eigenvalue weighted by atomic mass is 19.4. The molecule has 11 heteroatoms. The molecule has 31 heavy (non-hydrogen) atoms. The third-order valence-corrected chi connectivity index (χ3v) is 4.14. The number of hydrogen-bond donors (Lipinski definition) is 2. The molecule has 1 saturated heterocycles. The zero-order valence-electron chi connectivity index (χ0n) is 18.3. The Kier molecular flexibility index (Phi) is 8.35. The summed E-state index contributed by atoms with van der Waals surface area (Å²) in [6.07, 6.45) is -2.65. The molecule has 1 aromatic rings. The van der Waals surface area contributed by atoms with E-state index in [9.17, 15) is 18.0 Å². The van der Waals surface area contributed by atoms with Crippen LogP contribution in [0.5, 0.6) is 5.88 Å². The molecule has 174 valence electrons. The molecule has 1 amide bonds. The predicted molar refractivity (Wildman–Crippen MR) is 110 cm³/mol. The van der Waals surface area contributed by atoms with Gasteiger partial charge in [-0.15, -0.1) is 0 Å². The number of ether oxygens (including phenoxy) is 2. The first-order valence-electron chi connectivity index (χ1n) is 10.1. The number of carbonyl (C=O) groups is 1. The molecule has 1 fully saturated rings. The highest BCUT2D eigenvalue weighted by Gasteiger charge is 2.29. The SMILES string of the molecule is CCNC(=NCc1ccc(OCC(F)(F)F)nc1)N1CCC(NC(=O)OC(C)(C)C)C1. The summed E-state index contributed by atoms with van der Waals surface area (Å²) in [4.78, 5) is 22.5. The van der Waals surface area contributed by atoms with Gasteiger partial charge in [0.1, 0.15) is 5.60 Å². The number of likely N-dealkylation sites (tertiary alicyclic amines) is 1. The van der Waals surface area contributed by atoms with E-state index in [-0.39, 0.29) is 11.9 Å². The van der Waals surface area contributed by atoms with Crippen molar-refractivity contribution >= 4 is 12.1 Å². The number of carbonyl (C=O) groups excluding carboxylic acids is 1. The van der Waals surface area contributed by atoms with Crippen LogP contribution in [0.25, 0.3) is 0 Å². The van der Waals surface area contributed by atoms with E-state index in [4.69, 9.17) is 4.74 Å². The monoisotopic (exact) mass is 445 g/mol. The minimum absolute atomic E-state index is 0.0505. The molecule has 2 rings (SSSR count). The molecule has 0 aromatic carbocycles. The van der Waals surface area contributed by atoms with Gasteiger partial charge in [0.05, 0.1) is 12.6 Å². The maximum Gasteiger partial charge on any atom is 0.422 e. The summed E-state index contributed by atoms with van der Waals surface area (Å²) in [7, 11) is 0. The fourth-order valence-electron chi connectivity index (χ4n) is 2.88. The van der Waals surface area contributed by atoms with Gasteiger partial charge >= 0.3 is 12.3 Å². The van der Waals surface area contributed by atoms with E-state index in [2.05, 4.69) is 25.3 Å². The molecule has 0 saturated carbocycles. The van der Waals surface area contributed by atoms with Crippen LogP contribution >= 0.6 is 0 Å². The smallest absolute Gasteiger partial charge is 0.422 e. The first kappa shape index (κ1) is 24.5. The van der Waals surface area contributed by atoms with Gasteiger partial charge in [0, 0.05) is 31.9 Å². The maximum atomic E-state index is 12.2. The van der Waals surface area contributed by atoms with E-state index in [1.165, 1.54) is 12.3 Å². The molecule has 0 radical (unpaired) electrons. The number of amides is 1. The fraction of sp³-hybridized carbons (Fsp3) is 0.650. The van der Waals surface area contributed by atoms with Gasteiger partial charge in [-0.25, -0.2) is 14.8 Å². The molecule has 2 heterocycles. The van der Waals surface area contributed by atoms with Crippen molar-refractivity contribution in [3.63, 3.8) is 0 Å². The molecule has 1 aliphatic rings. The third-order valence-electron chi connectivity index (χ3n) is 4.14. The van der Waals surface area contributed by atoms with Crippen LogP contribution in [0.1, 0.15) is 39.7 Å². The molecular weight excluding hydrogens is 415 g/mol. The zero-order valence-corrected chi connectivity index (χ0v) is 18.3. The molecular formula is C20H30F3N5O3. The van der Waals surface area contributed by atoms with Crippen LogP contribution in [0.3, 0.4) is 0 Å². The zero-order chi connectivity index (χ0) is 23.1. The fourth-order valence-corrected chi connectivity index (χ4v) is 2.88. The average Bonchev–Trinajstić information content (AvgIpc) is 3.10. The maximum absolute atomic E-state index is 12.2. The molecule has 0 bridgehead atoms. The Morgan fingerprint density at radius 1 is 1.32 bits per heavy atom. The van der Waals surface area contributed by atoms with Crippen LogP contribution < -0.4 is 15.4 Å². The first-order valence-corrected chi connectivity index (χ1v) is 10.1. The summed E-state index contributed by atoms with van der Waals surface area (Å²) in [5, 5.41) is 6.09. The van der Waals surface area contributed by atoms with E-state index in [0.29, 0.717) is 25.6 Å². The van der Waals surface area contributed by atoms with Crippen LogP contribution in [-0.2, 0) is 11.3 Å². The van der Waals surface area contributed by atoms with Crippen LogP contribution in [0.15, 0.2) is 23.3 Å². The van der Waals surface area contributed by atoms with E-state index < -0.39 is 24.5 Å². The lowest BCUT2D eigenvalue weighted by Crippen LogP contribution is -2.44. The number of aliphatic imine (C=N–C) groups is 1. The Balaban J connectivity index is 1.91. The molecule has 1 unspecified atom stereocenters. The van der Waals surface area contributed by atoms with E-state index >= 15 is 0 Å². The van der Waals surface area contributed by atoms with Crippen LogP contribution in [0.2, 0.25) is 0 Å². The highest BCUT2D eigenvalue weighted by molar-refractivity contribution is 5.80. The van der Waals surface area contributed by atoms with Crippen LogP contribution in [0.4, 0.5) is 18.0 Å². The summed E-state index contributed by atoms with van der Waals surface area (Å²) >= 11 is 0. The minimum atomic E-state index is -4.41. The van der Waals surface area contributed by atoms with E-state index in [0.717, 1.165) is 18.5 Å². The van der Waals surface area contributed by atoms with Gasteiger partial charge in [-0.3, -0.25) is 0 Å². The van der Waals surface area contributed by atoms with Gasteiger partial charge in [0.15, 0.2) is 12.6 Å². The van der Waals surface area contributed by atoms with Crippen molar-refractivity contribution < 1.29 is 27.4 Å².